The highest BCUT2D eigenvalue weighted by atomic mass is 32.2. The number of amides is 4. The van der Waals surface area contributed by atoms with Crippen LogP contribution < -0.4 is 21.3 Å². The lowest BCUT2D eigenvalue weighted by molar-refractivity contribution is -0.117. The molecule has 9 nitrogen and oxygen atoms in total. The summed E-state index contributed by atoms with van der Waals surface area (Å²) in [4.78, 5) is 35.0. The zero-order valence-electron chi connectivity index (χ0n) is 14.5. The fourth-order valence-corrected chi connectivity index (χ4v) is 4.16. The summed E-state index contributed by atoms with van der Waals surface area (Å²) < 4.78 is 22.8. The molecule has 0 saturated carbocycles. The minimum Gasteiger partial charge on any atom is -0.334 e. The van der Waals surface area contributed by atoms with Gasteiger partial charge in [0.1, 0.15) is 6.04 Å². The number of benzene rings is 1. The summed E-state index contributed by atoms with van der Waals surface area (Å²) in [7, 11) is -3.09. The highest BCUT2D eigenvalue weighted by Crippen LogP contribution is 2.14. The topological polar surface area (TPSA) is 133 Å². The highest BCUT2D eigenvalue weighted by molar-refractivity contribution is 7.91. The van der Waals surface area contributed by atoms with Crippen molar-refractivity contribution in [2.24, 2.45) is 0 Å². The van der Waals surface area contributed by atoms with Crippen LogP contribution in [-0.4, -0.2) is 49.9 Å². The van der Waals surface area contributed by atoms with Crippen molar-refractivity contribution in [2.75, 3.05) is 22.1 Å². The summed E-state index contributed by atoms with van der Waals surface area (Å²) in [5, 5.41) is 10.3. The van der Waals surface area contributed by atoms with Gasteiger partial charge in [-0.05, 0) is 37.6 Å². The molecule has 26 heavy (non-hydrogen) atoms. The Hall–Kier alpha value is -2.62. The Labute approximate surface area is 151 Å². The van der Waals surface area contributed by atoms with E-state index < -0.39 is 33.9 Å². The van der Waals surface area contributed by atoms with Gasteiger partial charge in [-0.2, -0.15) is 0 Å². The molecule has 0 bridgehead atoms. The van der Waals surface area contributed by atoms with Gasteiger partial charge in [0.05, 0.1) is 11.5 Å². The van der Waals surface area contributed by atoms with E-state index in [2.05, 4.69) is 21.3 Å². The summed E-state index contributed by atoms with van der Waals surface area (Å²) in [6, 6.07) is 4.69. The van der Waals surface area contributed by atoms with Gasteiger partial charge in [-0.3, -0.25) is 9.59 Å². The van der Waals surface area contributed by atoms with E-state index in [1.54, 1.807) is 24.3 Å². The van der Waals surface area contributed by atoms with Crippen molar-refractivity contribution in [1.29, 1.82) is 0 Å². The molecular weight excluding hydrogens is 360 g/mol. The number of carbonyl (C=O) groups excluding carboxylic acids is 3. The molecule has 1 saturated heterocycles. The van der Waals surface area contributed by atoms with Crippen molar-refractivity contribution in [3.63, 3.8) is 0 Å². The summed E-state index contributed by atoms with van der Waals surface area (Å²) in [5.41, 5.74) is 1.12. The van der Waals surface area contributed by atoms with Crippen LogP contribution in [0.1, 0.15) is 20.3 Å². The second kappa shape index (κ2) is 8.17. The Bertz CT molecular complexity index is 791. The zero-order valence-corrected chi connectivity index (χ0v) is 15.4. The number of rotatable bonds is 5. The van der Waals surface area contributed by atoms with Crippen molar-refractivity contribution >= 4 is 39.1 Å². The molecule has 0 aliphatic carbocycles. The maximum atomic E-state index is 12.1. The average molecular weight is 382 g/mol. The highest BCUT2D eigenvalue weighted by Gasteiger charge is 2.29. The molecule has 1 aromatic carbocycles. The number of nitrogens with one attached hydrogen (secondary N) is 4. The lowest BCUT2D eigenvalue weighted by Gasteiger charge is -2.17. The van der Waals surface area contributed by atoms with E-state index in [-0.39, 0.29) is 17.4 Å². The molecule has 4 amide bonds. The molecule has 2 atom stereocenters. The number of hydrogen-bond donors (Lipinski definition) is 4. The molecule has 142 valence electrons. The SMILES string of the molecule is CC(=O)Nc1ccc(NC(=O)[C@H](C)NC(=O)N[C@@H]2CCS(=O)(=O)C2)cc1. The average Bonchev–Trinajstić information content (AvgIpc) is 2.87. The second-order valence-electron chi connectivity index (χ2n) is 6.19. The van der Waals surface area contributed by atoms with Gasteiger partial charge in [0.25, 0.3) is 0 Å². The molecule has 0 aromatic heterocycles. The predicted molar refractivity (Wildman–Crippen MR) is 97.6 cm³/mol. The van der Waals surface area contributed by atoms with Crippen LogP contribution in [0.2, 0.25) is 0 Å². The van der Waals surface area contributed by atoms with E-state index in [4.69, 9.17) is 0 Å². The number of sulfone groups is 1. The van der Waals surface area contributed by atoms with Gasteiger partial charge in [-0.1, -0.05) is 0 Å². The van der Waals surface area contributed by atoms with Crippen molar-refractivity contribution in [3.05, 3.63) is 24.3 Å². The molecule has 0 unspecified atom stereocenters. The lowest BCUT2D eigenvalue weighted by atomic mass is 10.2. The molecule has 1 aliphatic rings. The molecule has 4 N–H and O–H groups in total. The summed E-state index contributed by atoms with van der Waals surface area (Å²) in [6.07, 6.45) is 0.372. The first kappa shape index (κ1) is 19.7. The van der Waals surface area contributed by atoms with Crippen molar-refractivity contribution < 1.29 is 22.8 Å². The van der Waals surface area contributed by atoms with Crippen LogP contribution in [-0.2, 0) is 19.4 Å². The Morgan fingerprint density at radius 1 is 1.08 bits per heavy atom. The summed E-state index contributed by atoms with van der Waals surface area (Å²) in [5.74, 6) is -0.642. The molecule has 1 aromatic rings. The molecule has 1 aliphatic heterocycles. The Morgan fingerprint density at radius 2 is 1.65 bits per heavy atom. The van der Waals surface area contributed by atoms with Crippen LogP contribution in [0.4, 0.5) is 16.2 Å². The van der Waals surface area contributed by atoms with E-state index in [1.165, 1.54) is 13.8 Å². The first-order valence-electron chi connectivity index (χ1n) is 8.10. The fourth-order valence-electron chi connectivity index (χ4n) is 2.49. The number of anilines is 2. The fraction of sp³-hybridized carbons (Fsp3) is 0.438. The maximum Gasteiger partial charge on any atom is 0.315 e. The number of carbonyl (C=O) groups is 3. The third kappa shape index (κ3) is 6.03. The molecule has 0 spiro atoms. The molecule has 10 heteroatoms. The minimum absolute atomic E-state index is 0.0580. The van der Waals surface area contributed by atoms with Gasteiger partial charge in [0.15, 0.2) is 9.84 Å². The molecule has 1 heterocycles. The Balaban J connectivity index is 1.81. The Kier molecular flexibility index (Phi) is 6.19. The zero-order chi connectivity index (χ0) is 19.3. The van der Waals surface area contributed by atoms with Crippen LogP contribution >= 0.6 is 0 Å². The molecule has 0 radical (unpaired) electrons. The molecule has 2 rings (SSSR count). The largest absolute Gasteiger partial charge is 0.334 e. The summed E-state index contributed by atoms with van der Waals surface area (Å²) >= 11 is 0. The number of urea groups is 1. The van der Waals surface area contributed by atoms with E-state index >= 15 is 0 Å². The summed E-state index contributed by atoms with van der Waals surface area (Å²) in [6.45, 7) is 2.92. The molecule has 1 fully saturated rings. The predicted octanol–water partition coefficient (Wildman–Crippen LogP) is 0.458. The van der Waals surface area contributed by atoms with Crippen LogP contribution in [0.25, 0.3) is 0 Å². The quantitative estimate of drug-likeness (QED) is 0.587. The number of hydrogen-bond acceptors (Lipinski definition) is 5. The first-order valence-corrected chi connectivity index (χ1v) is 9.93. The van der Waals surface area contributed by atoms with E-state index in [0.29, 0.717) is 17.8 Å². The van der Waals surface area contributed by atoms with E-state index in [0.717, 1.165) is 0 Å². The van der Waals surface area contributed by atoms with E-state index in [9.17, 15) is 22.8 Å². The van der Waals surface area contributed by atoms with Gasteiger partial charge < -0.3 is 21.3 Å². The normalized spacial score (nSPS) is 19.2. The molecular formula is C16H22N4O5S. The van der Waals surface area contributed by atoms with Crippen LogP contribution in [0.5, 0.6) is 0 Å². The third-order valence-corrected chi connectivity index (χ3v) is 5.55. The van der Waals surface area contributed by atoms with Gasteiger partial charge in [0, 0.05) is 24.3 Å². The van der Waals surface area contributed by atoms with Crippen LogP contribution in [0.3, 0.4) is 0 Å². The smallest absolute Gasteiger partial charge is 0.315 e. The Morgan fingerprint density at radius 3 is 2.15 bits per heavy atom. The van der Waals surface area contributed by atoms with Gasteiger partial charge in [0.2, 0.25) is 11.8 Å². The minimum atomic E-state index is -3.09. The standard InChI is InChI=1S/C16H22N4O5S/c1-10(17-16(23)20-14-7-8-26(24,25)9-14)15(22)19-13-5-3-12(4-6-13)18-11(2)21/h3-6,10,14H,7-9H2,1-2H3,(H,18,21)(H,19,22)(H2,17,20,23)/t10-,14+/m0/s1. The van der Waals surface area contributed by atoms with Crippen molar-refractivity contribution in [2.45, 2.75) is 32.4 Å². The van der Waals surface area contributed by atoms with Crippen molar-refractivity contribution in [3.8, 4) is 0 Å². The lowest BCUT2D eigenvalue weighted by Crippen LogP contribution is -2.49. The van der Waals surface area contributed by atoms with Gasteiger partial charge >= 0.3 is 6.03 Å². The first-order chi connectivity index (χ1) is 12.1. The van der Waals surface area contributed by atoms with Crippen molar-refractivity contribution in [1.82, 2.24) is 10.6 Å². The van der Waals surface area contributed by atoms with Crippen LogP contribution in [0, 0.1) is 0 Å². The van der Waals surface area contributed by atoms with Crippen LogP contribution in [0.15, 0.2) is 24.3 Å². The second-order valence-corrected chi connectivity index (χ2v) is 8.42. The monoisotopic (exact) mass is 382 g/mol. The third-order valence-electron chi connectivity index (χ3n) is 3.78. The van der Waals surface area contributed by atoms with Gasteiger partial charge in [-0.25, -0.2) is 13.2 Å². The maximum absolute atomic E-state index is 12.1. The van der Waals surface area contributed by atoms with Gasteiger partial charge in [-0.15, -0.1) is 0 Å². The van der Waals surface area contributed by atoms with E-state index in [1.807, 2.05) is 0 Å².